The second-order valence-electron chi connectivity index (χ2n) is 4.40. The molecule has 0 bridgehead atoms. The number of aromatic nitrogens is 1. The Balaban J connectivity index is 3.51. The first kappa shape index (κ1) is 13.3. The van der Waals surface area contributed by atoms with E-state index in [-0.39, 0.29) is 15.7 Å². The molecule has 0 saturated carbocycles. The van der Waals surface area contributed by atoms with E-state index in [1.54, 1.807) is 0 Å². The van der Waals surface area contributed by atoms with Crippen molar-refractivity contribution in [3.8, 4) is 0 Å². The summed E-state index contributed by atoms with van der Waals surface area (Å²) >= 11 is 11.8. The van der Waals surface area contributed by atoms with E-state index in [9.17, 15) is 4.79 Å². The largest absolute Gasteiger partial charge is 0.465 e. The summed E-state index contributed by atoms with van der Waals surface area (Å²) in [4.78, 5) is 15.6. The van der Waals surface area contributed by atoms with Crippen LogP contribution in [0.4, 0.5) is 0 Å². The smallest absolute Gasteiger partial charge is 0.338 e. The average molecular weight is 262 g/mol. The minimum Gasteiger partial charge on any atom is -0.465 e. The Morgan fingerprint density at radius 3 is 2.38 bits per heavy atom. The molecule has 0 N–H and O–H groups in total. The topological polar surface area (TPSA) is 39.2 Å². The van der Waals surface area contributed by atoms with Crippen molar-refractivity contribution in [1.82, 2.24) is 4.98 Å². The molecule has 0 spiro atoms. The van der Waals surface area contributed by atoms with Crippen LogP contribution in [0.5, 0.6) is 0 Å². The summed E-state index contributed by atoms with van der Waals surface area (Å²) in [7, 11) is 1.32. The van der Waals surface area contributed by atoms with Gasteiger partial charge in [0.15, 0.2) is 0 Å². The van der Waals surface area contributed by atoms with E-state index < -0.39 is 5.97 Å². The highest BCUT2D eigenvalue weighted by atomic mass is 35.5. The van der Waals surface area contributed by atoms with Gasteiger partial charge in [-0.15, -0.1) is 0 Å². The van der Waals surface area contributed by atoms with Gasteiger partial charge in [0, 0.05) is 5.56 Å². The molecular weight excluding hydrogens is 249 g/mol. The minimum atomic E-state index is -0.462. The second kappa shape index (κ2) is 4.60. The van der Waals surface area contributed by atoms with Gasteiger partial charge in [0.1, 0.15) is 10.3 Å². The summed E-state index contributed by atoms with van der Waals surface area (Å²) in [6.07, 6.45) is 0. The maximum absolute atomic E-state index is 11.6. The fraction of sp³-hybridized carbons (Fsp3) is 0.455. The first-order valence-electron chi connectivity index (χ1n) is 4.72. The van der Waals surface area contributed by atoms with E-state index >= 15 is 0 Å². The Morgan fingerprint density at radius 1 is 1.38 bits per heavy atom. The van der Waals surface area contributed by atoms with E-state index in [1.807, 2.05) is 20.8 Å². The van der Waals surface area contributed by atoms with Crippen molar-refractivity contribution < 1.29 is 9.53 Å². The quantitative estimate of drug-likeness (QED) is 0.574. The van der Waals surface area contributed by atoms with Gasteiger partial charge in [-0.2, -0.15) is 0 Å². The van der Waals surface area contributed by atoms with Crippen LogP contribution in [0.2, 0.25) is 10.3 Å². The van der Waals surface area contributed by atoms with Crippen LogP contribution >= 0.6 is 23.2 Å². The predicted molar refractivity (Wildman–Crippen MR) is 64.3 cm³/mol. The predicted octanol–water partition coefficient (Wildman–Crippen LogP) is 3.47. The number of hydrogen-bond donors (Lipinski definition) is 0. The van der Waals surface area contributed by atoms with Crippen LogP contribution in [-0.2, 0) is 10.2 Å². The zero-order valence-corrected chi connectivity index (χ0v) is 11.1. The lowest BCUT2D eigenvalue weighted by Gasteiger charge is -2.22. The number of esters is 1. The summed E-state index contributed by atoms with van der Waals surface area (Å²) < 4.78 is 4.70. The molecule has 3 nitrogen and oxygen atoms in total. The second-order valence-corrected chi connectivity index (χ2v) is 5.15. The number of ether oxygens (including phenoxy) is 1. The third-order valence-corrected chi connectivity index (χ3v) is 2.57. The standard InChI is InChI=1S/C11H13Cl2NO2/c1-11(2,3)8-6(10(15)16-4)5-7(12)14-9(8)13/h5H,1-4H3. The van der Waals surface area contributed by atoms with Crippen molar-refractivity contribution in [2.24, 2.45) is 0 Å². The number of rotatable bonds is 1. The fourth-order valence-electron chi connectivity index (χ4n) is 1.47. The Bertz CT molecular complexity index is 425. The molecule has 1 rings (SSSR count). The zero-order chi connectivity index (χ0) is 12.5. The van der Waals surface area contributed by atoms with Crippen LogP contribution in [0.3, 0.4) is 0 Å². The van der Waals surface area contributed by atoms with Crippen molar-refractivity contribution in [3.05, 3.63) is 27.5 Å². The molecule has 88 valence electrons. The van der Waals surface area contributed by atoms with Crippen LogP contribution in [0.15, 0.2) is 6.07 Å². The molecule has 0 atom stereocenters. The first-order valence-corrected chi connectivity index (χ1v) is 5.47. The monoisotopic (exact) mass is 261 g/mol. The number of hydrogen-bond acceptors (Lipinski definition) is 3. The maximum atomic E-state index is 11.6. The summed E-state index contributed by atoms with van der Waals surface area (Å²) in [5, 5.41) is 0.416. The van der Waals surface area contributed by atoms with Crippen molar-refractivity contribution in [2.45, 2.75) is 26.2 Å². The maximum Gasteiger partial charge on any atom is 0.338 e. The lowest BCUT2D eigenvalue weighted by atomic mass is 9.85. The normalized spacial score (nSPS) is 11.4. The molecule has 16 heavy (non-hydrogen) atoms. The number of nitrogens with zero attached hydrogens (tertiary/aromatic N) is 1. The Labute approximate surface area is 105 Å². The van der Waals surface area contributed by atoms with Crippen LogP contribution in [-0.4, -0.2) is 18.1 Å². The molecule has 0 aliphatic heterocycles. The number of methoxy groups -OCH3 is 1. The molecule has 0 unspecified atom stereocenters. The molecule has 0 saturated heterocycles. The highest BCUT2D eigenvalue weighted by Gasteiger charge is 2.26. The van der Waals surface area contributed by atoms with Gasteiger partial charge >= 0.3 is 5.97 Å². The molecule has 0 aliphatic carbocycles. The molecule has 1 aromatic rings. The zero-order valence-electron chi connectivity index (χ0n) is 9.60. The van der Waals surface area contributed by atoms with E-state index in [1.165, 1.54) is 13.2 Å². The summed E-state index contributed by atoms with van der Waals surface area (Å²) in [5.41, 5.74) is 0.698. The van der Waals surface area contributed by atoms with Gasteiger partial charge in [-0.1, -0.05) is 44.0 Å². The van der Waals surface area contributed by atoms with Crippen molar-refractivity contribution >= 4 is 29.2 Å². The summed E-state index contributed by atoms with van der Waals surface area (Å²) in [6.45, 7) is 5.82. The van der Waals surface area contributed by atoms with Crippen LogP contribution in [0, 0.1) is 0 Å². The van der Waals surface area contributed by atoms with Gasteiger partial charge in [0.05, 0.1) is 12.7 Å². The first-order chi connectivity index (χ1) is 7.27. The molecule has 0 amide bonds. The molecule has 0 radical (unpaired) electrons. The van der Waals surface area contributed by atoms with Crippen LogP contribution < -0.4 is 0 Å². The van der Waals surface area contributed by atoms with E-state index in [2.05, 4.69) is 4.98 Å². The Hall–Kier alpha value is -0.800. The fourth-order valence-corrected chi connectivity index (χ4v) is 2.18. The lowest BCUT2D eigenvalue weighted by Crippen LogP contribution is -2.19. The molecule has 0 aliphatic rings. The lowest BCUT2D eigenvalue weighted by molar-refractivity contribution is 0.0597. The number of carbonyl (C=O) groups excluding carboxylic acids is 1. The number of pyridine rings is 1. The SMILES string of the molecule is COC(=O)c1cc(Cl)nc(Cl)c1C(C)(C)C. The van der Waals surface area contributed by atoms with Gasteiger partial charge in [-0.3, -0.25) is 0 Å². The molecule has 5 heteroatoms. The molecule has 0 fully saturated rings. The Kier molecular flexibility index (Phi) is 3.81. The van der Waals surface area contributed by atoms with Gasteiger partial charge in [0.25, 0.3) is 0 Å². The third kappa shape index (κ3) is 2.66. The summed E-state index contributed by atoms with van der Waals surface area (Å²) in [5.74, 6) is -0.462. The van der Waals surface area contributed by atoms with Crippen molar-refractivity contribution in [2.75, 3.05) is 7.11 Å². The van der Waals surface area contributed by atoms with Gasteiger partial charge < -0.3 is 4.74 Å². The van der Waals surface area contributed by atoms with Gasteiger partial charge in [-0.25, -0.2) is 9.78 Å². The molecule has 1 heterocycles. The van der Waals surface area contributed by atoms with Gasteiger partial charge in [-0.05, 0) is 11.5 Å². The van der Waals surface area contributed by atoms with E-state index in [0.29, 0.717) is 11.1 Å². The molecular formula is C11H13Cl2NO2. The molecule has 1 aromatic heterocycles. The van der Waals surface area contributed by atoms with Crippen molar-refractivity contribution in [1.29, 1.82) is 0 Å². The molecule has 0 aromatic carbocycles. The summed E-state index contributed by atoms with van der Waals surface area (Å²) in [6, 6.07) is 1.47. The average Bonchev–Trinajstić information content (AvgIpc) is 2.12. The number of carbonyl (C=O) groups is 1. The van der Waals surface area contributed by atoms with E-state index in [4.69, 9.17) is 27.9 Å². The van der Waals surface area contributed by atoms with Crippen molar-refractivity contribution in [3.63, 3.8) is 0 Å². The highest BCUT2D eigenvalue weighted by Crippen LogP contribution is 2.33. The highest BCUT2D eigenvalue weighted by molar-refractivity contribution is 6.33. The third-order valence-electron chi connectivity index (χ3n) is 2.10. The van der Waals surface area contributed by atoms with Crippen LogP contribution in [0.25, 0.3) is 0 Å². The Morgan fingerprint density at radius 2 is 1.94 bits per heavy atom. The van der Waals surface area contributed by atoms with E-state index in [0.717, 1.165) is 0 Å². The minimum absolute atomic E-state index is 0.179. The van der Waals surface area contributed by atoms with Crippen LogP contribution in [0.1, 0.15) is 36.7 Å². The number of halogens is 2. The van der Waals surface area contributed by atoms with Gasteiger partial charge in [0.2, 0.25) is 0 Å².